The maximum Gasteiger partial charge on any atom is 0.0514 e. The molecular weight excluding hydrogens is 290 g/mol. The Hall–Kier alpha value is -0.580. The van der Waals surface area contributed by atoms with Crippen molar-refractivity contribution in [2.75, 3.05) is 38.1 Å². The van der Waals surface area contributed by atoms with Crippen LogP contribution in [0.15, 0.2) is 22.7 Å². The van der Waals surface area contributed by atoms with Gasteiger partial charge in [-0.25, -0.2) is 0 Å². The molecule has 2 rings (SSSR count). The van der Waals surface area contributed by atoms with E-state index in [0.717, 1.165) is 32.6 Å². The van der Waals surface area contributed by atoms with E-state index < -0.39 is 0 Å². The lowest BCUT2D eigenvalue weighted by Crippen LogP contribution is -2.52. The molecule has 1 heterocycles. The summed E-state index contributed by atoms with van der Waals surface area (Å²) in [5, 5.41) is 0. The van der Waals surface area contributed by atoms with Crippen LogP contribution in [0.2, 0.25) is 0 Å². The van der Waals surface area contributed by atoms with Crippen LogP contribution in [-0.4, -0.2) is 44.2 Å². The first-order chi connectivity index (χ1) is 8.61. The zero-order chi connectivity index (χ0) is 13.1. The van der Waals surface area contributed by atoms with E-state index in [4.69, 9.17) is 5.73 Å². The molecule has 0 saturated carbocycles. The van der Waals surface area contributed by atoms with Crippen LogP contribution in [0.5, 0.6) is 0 Å². The van der Waals surface area contributed by atoms with E-state index in [1.54, 1.807) is 0 Å². The average molecular weight is 312 g/mol. The van der Waals surface area contributed by atoms with Crippen LogP contribution in [-0.2, 0) is 0 Å². The third kappa shape index (κ3) is 3.05. The fourth-order valence-corrected chi connectivity index (χ4v) is 3.33. The minimum Gasteiger partial charge on any atom is -0.365 e. The summed E-state index contributed by atoms with van der Waals surface area (Å²) in [6.07, 6.45) is 1.05. The van der Waals surface area contributed by atoms with Crippen LogP contribution in [0.1, 0.15) is 12.0 Å². The number of nitrogens with zero attached hydrogens (tertiary/aromatic N) is 2. The molecule has 0 spiro atoms. The molecule has 1 aromatic rings. The van der Waals surface area contributed by atoms with Gasteiger partial charge in [-0.1, -0.05) is 6.07 Å². The third-order valence-corrected chi connectivity index (χ3v) is 4.23. The SMILES string of the molecule is Cc1ccc(N2CCN(C)CC2CCN)c(Br)c1. The molecule has 0 amide bonds. The predicted octanol–water partition coefficient (Wildman–Crippen LogP) is 2.23. The first kappa shape index (κ1) is 13.8. The second kappa shape index (κ2) is 6.04. The minimum absolute atomic E-state index is 0.521. The summed E-state index contributed by atoms with van der Waals surface area (Å²) >= 11 is 3.69. The van der Waals surface area contributed by atoms with Crippen molar-refractivity contribution in [3.05, 3.63) is 28.2 Å². The zero-order valence-corrected chi connectivity index (χ0v) is 12.8. The van der Waals surface area contributed by atoms with Crippen molar-refractivity contribution < 1.29 is 0 Å². The lowest BCUT2D eigenvalue weighted by Gasteiger charge is -2.42. The molecule has 1 aliphatic rings. The molecule has 100 valence electrons. The molecule has 1 aliphatic heterocycles. The topological polar surface area (TPSA) is 32.5 Å². The van der Waals surface area contributed by atoms with Gasteiger partial charge in [-0.15, -0.1) is 0 Å². The monoisotopic (exact) mass is 311 g/mol. The summed E-state index contributed by atoms with van der Waals surface area (Å²) in [5.74, 6) is 0. The maximum absolute atomic E-state index is 5.75. The zero-order valence-electron chi connectivity index (χ0n) is 11.2. The standard InChI is InChI=1S/C14H22BrN3/c1-11-3-4-14(13(15)9-11)18-8-7-17(2)10-12(18)5-6-16/h3-4,9,12H,5-8,10,16H2,1-2H3. The van der Waals surface area contributed by atoms with Crippen molar-refractivity contribution in [3.63, 3.8) is 0 Å². The van der Waals surface area contributed by atoms with Crippen molar-refractivity contribution in [3.8, 4) is 0 Å². The second-order valence-corrected chi connectivity index (χ2v) is 6.00. The number of rotatable bonds is 3. The van der Waals surface area contributed by atoms with Gasteiger partial charge in [0, 0.05) is 30.1 Å². The van der Waals surface area contributed by atoms with Gasteiger partial charge in [0.1, 0.15) is 0 Å². The Bertz CT molecular complexity index is 408. The van der Waals surface area contributed by atoms with Gasteiger partial charge in [0.15, 0.2) is 0 Å². The molecule has 1 saturated heterocycles. The van der Waals surface area contributed by atoms with Crippen molar-refractivity contribution in [1.29, 1.82) is 0 Å². The summed E-state index contributed by atoms with van der Waals surface area (Å²) < 4.78 is 1.19. The number of anilines is 1. The van der Waals surface area contributed by atoms with E-state index in [9.17, 15) is 0 Å². The Kier molecular flexibility index (Phi) is 4.65. The molecule has 2 N–H and O–H groups in total. The number of hydrogen-bond donors (Lipinski definition) is 1. The highest BCUT2D eigenvalue weighted by atomic mass is 79.9. The lowest BCUT2D eigenvalue weighted by molar-refractivity contribution is 0.261. The first-order valence-corrected chi connectivity index (χ1v) is 7.32. The fourth-order valence-electron chi connectivity index (χ4n) is 2.61. The normalized spacial score (nSPS) is 21.3. The van der Waals surface area contributed by atoms with Gasteiger partial charge in [-0.2, -0.15) is 0 Å². The Morgan fingerprint density at radius 2 is 2.17 bits per heavy atom. The number of hydrogen-bond acceptors (Lipinski definition) is 3. The van der Waals surface area contributed by atoms with E-state index in [0.29, 0.717) is 6.04 Å². The van der Waals surface area contributed by atoms with Gasteiger partial charge >= 0.3 is 0 Å². The number of aryl methyl sites for hydroxylation is 1. The van der Waals surface area contributed by atoms with Crippen molar-refractivity contribution >= 4 is 21.6 Å². The van der Waals surface area contributed by atoms with Gasteiger partial charge in [0.2, 0.25) is 0 Å². The number of benzene rings is 1. The Morgan fingerprint density at radius 1 is 1.39 bits per heavy atom. The molecular formula is C14H22BrN3. The Labute approximate surface area is 118 Å². The van der Waals surface area contributed by atoms with Crippen LogP contribution in [0.25, 0.3) is 0 Å². The number of halogens is 1. The first-order valence-electron chi connectivity index (χ1n) is 6.53. The van der Waals surface area contributed by atoms with Crippen LogP contribution < -0.4 is 10.6 Å². The van der Waals surface area contributed by atoms with Gasteiger partial charge in [0.05, 0.1) is 5.69 Å². The van der Waals surface area contributed by atoms with Crippen LogP contribution in [0.3, 0.4) is 0 Å². The number of piperazine rings is 1. The highest BCUT2D eigenvalue weighted by molar-refractivity contribution is 9.10. The molecule has 18 heavy (non-hydrogen) atoms. The largest absolute Gasteiger partial charge is 0.365 e. The van der Waals surface area contributed by atoms with Crippen LogP contribution >= 0.6 is 15.9 Å². The molecule has 0 aromatic heterocycles. The van der Waals surface area contributed by atoms with E-state index in [-0.39, 0.29) is 0 Å². The Morgan fingerprint density at radius 3 is 2.83 bits per heavy atom. The maximum atomic E-state index is 5.75. The van der Waals surface area contributed by atoms with Gasteiger partial charge in [-0.05, 0) is 60.6 Å². The molecule has 0 bridgehead atoms. The molecule has 1 fully saturated rings. The van der Waals surface area contributed by atoms with Gasteiger partial charge < -0.3 is 15.5 Å². The van der Waals surface area contributed by atoms with Gasteiger partial charge in [-0.3, -0.25) is 0 Å². The van der Waals surface area contributed by atoms with E-state index in [1.807, 2.05) is 0 Å². The van der Waals surface area contributed by atoms with Crippen LogP contribution in [0, 0.1) is 6.92 Å². The highest BCUT2D eigenvalue weighted by Gasteiger charge is 2.25. The average Bonchev–Trinajstić information content (AvgIpc) is 2.31. The predicted molar refractivity (Wildman–Crippen MR) is 81.2 cm³/mol. The summed E-state index contributed by atoms with van der Waals surface area (Å²) in [4.78, 5) is 4.88. The fraction of sp³-hybridized carbons (Fsp3) is 0.571. The molecule has 1 unspecified atom stereocenters. The molecule has 0 aliphatic carbocycles. The van der Waals surface area contributed by atoms with Gasteiger partial charge in [0.25, 0.3) is 0 Å². The molecule has 4 heteroatoms. The number of likely N-dealkylation sites (N-methyl/N-ethyl adjacent to an activating group) is 1. The second-order valence-electron chi connectivity index (χ2n) is 5.14. The van der Waals surface area contributed by atoms with E-state index >= 15 is 0 Å². The smallest absolute Gasteiger partial charge is 0.0514 e. The Balaban J connectivity index is 2.23. The highest BCUT2D eigenvalue weighted by Crippen LogP contribution is 2.30. The summed E-state index contributed by atoms with van der Waals surface area (Å²) in [6.45, 7) is 6.15. The lowest BCUT2D eigenvalue weighted by atomic mass is 10.1. The summed E-state index contributed by atoms with van der Waals surface area (Å²) in [6, 6.07) is 7.10. The van der Waals surface area contributed by atoms with Crippen LogP contribution in [0.4, 0.5) is 5.69 Å². The number of nitrogens with two attached hydrogens (primary N) is 1. The molecule has 0 radical (unpaired) electrons. The van der Waals surface area contributed by atoms with Crippen molar-refractivity contribution in [2.24, 2.45) is 5.73 Å². The molecule has 3 nitrogen and oxygen atoms in total. The van der Waals surface area contributed by atoms with E-state index in [1.165, 1.54) is 15.7 Å². The van der Waals surface area contributed by atoms with E-state index in [2.05, 4.69) is 57.9 Å². The van der Waals surface area contributed by atoms with Crippen molar-refractivity contribution in [2.45, 2.75) is 19.4 Å². The minimum atomic E-state index is 0.521. The summed E-state index contributed by atoms with van der Waals surface area (Å²) in [5.41, 5.74) is 8.34. The third-order valence-electron chi connectivity index (χ3n) is 3.60. The quantitative estimate of drug-likeness (QED) is 0.929. The summed E-state index contributed by atoms with van der Waals surface area (Å²) in [7, 11) is 2.19. The van der Waals surface area contributed by atoms with Crippen molar-refractivity contribution in [1.82, 2.24) is 4.90 Å². The molecule has 1 atom stereocenters. The molecule has 1 aromatic carbocycles.